The predicted octanol–water partition coefficient (Wildman–Crippen LogP) is 5.02. The van der Waals surface area contributed by atoms with Crippen LogP contribution in [0.2, 0.25) is 0 Å². The fourth-order valence-corrected chi connectivity index (χ4v) is 6.61. The number of benzene rings is 1. The van der Waals surface area contributed by atoms with E-state index in [1.54, 1.807) is 12.1 Å². The molecule has 2 heterocycles. The molecule has 1 fully saturated rings. The van der Waals surface area contributed by atoms with Gasteiger partial charge in [-0.1, -0.05) is 25.7 Å². The van der Waals surface area contributed by atoms with E-state index in [2.05, 4.69) is 11.4 Å². The van der Waals surface area contributed by atoms with Crippen LogP contribution in [-0.4, -0.2) is 16.3 Å². The summed E-state index contributed by atoms with van der Waals surface area (Å²) in [5.74, 6) is 1.22. The molecular formula is C21H26BrNO2S. The van der Waals surface area contributed by atoms with E-state index in [1.165, 1.54) is 58.5 Å². The van der Waals surface area contributed by atoms with E-state index in [4.69, 9.17) is 0 Å². The van der Waals surface area contributed by atoms with E-state index in [1.807, 2.05) is 11.3 Å². The van der Waals surface area contributed by atoms with Crippen LogP contribution in [-0.2, 0) is 19.4 Å². The summed E-state index contributed by atoms with van der Waals surface area (Å²) in [6.45, 7) is 0.969. The second kappa shape index (κ2) is 7.17. The fraction of sp³-hybridized carbons (Fsp3) is 0.524. The zero-order valence-corrected chi connectivity index (χ0v) is 17.4. The van der Waals surface area contributed by atoms with Gasteiger partial charge in [-0.15, -0.1) is 28.3 Å². The van der Waals surface area contributed by atoms with Crippen molar-refractivity contribution in [1.29, 1.82) is 0 Å². The van der Waals surface area contributed by atoms with Gasteiger partial charge in [0.15, 0.2) is 11.5 Å². The molecule has 3 nitrogen and oxygen atoms in total. The van der Waals surface area contributed by atoms with Gasteiger partial charge in [0.1, 0.15) is 0 Å². The summed E-state index contributed by atoms with van der Waals surface area (Å²) in [5.41, 5.74) is 3.84. The fourth-order valence-electron chi connectivity index (χ4n) is 5.12. The van der Waals surface area contributed by atoms with Crippen molar-refractivity contribution >= 4 is 28.3 Å². The van der Waals surface area contributed by atoms with Crippen molar-refractivity contribution in [3.63, 3.8) is 0 Å². The molecule has 1 aromatic heterocycles. The molecule has 2 aromatic rings. The number of phenols is 2. The number of hydrogen-bond acceptors (Lipinski definition) is 4. The van der Waals surface area contributed by atoms with E-state index in [-0.39, 0.29) is 28.5 Å². The van der Waals surface area contributed by atoms with Crippen molar-refractivity contribution in [2.45, 2.75) is 63.5 Å². The Labute approximate surface area is 169 Å². The van der Waals surface area contributed by atoms with Crippen LogP contribution in [0.4, 0.5) is 0 Å². The van der Waals surface area contributed by atoms with E-state index in [0.717, 1.165) is 25.3 Å². The maximum atomic E-state index is 10.0. The Balaban J connectivity index is 0.00000168. The molecule has 3 N–H and O–H groups in total. The number of halogens is 1. The summed E-state index contributed by atoms with van der Waals surface area (Å²) in [5, 5.41) is 23.6. The highest BCUT2D eigenvalue weighted by atomic mass is 79.9. The van der Waals surface area contributed by atoms with Crippen LogP contribution in [0.3, 0.4) is 0 Å². The summed E-state index contributed by atoms with van der Waals surface area (Å²) < 4.78 is 0. The van der Waals surface area contributed by atoms with Gasteiger partial charge in [0.25, 0.3) is 0 Å². The van der Waals surface area contributed by atoms with Crippen LogP contribution >= 0.6 is 28.3 Å². The predicted molar refractivity (Wildman–Crippen MR) is 111 cm³/mol. The minimum absolute atomic E-state index is 0. The summed E-state index contributed by atoms with van der Waals surface area (Å²) in [6.07, 6.45) is 8.88. The molecule has 1 aromatic carbocycles. The van der Waals surface area contributed by atoms with Gasteiger partial charge in [-0.2, -0.15) is 0 Å². The SMILES string of the molecule is Br.Oc1cc2c(cc1O)[C@@H]1c3sc(CC4CCCC4)cc3CN[C@H]1CC2. The lowest BCUT2D eigenvalue weighted by molar-refractivity contribution is 0.383. The quantitative estimate of drug-likeness (QED) is 0.580. The van der Waals surface area contributed by atoms with E-state index in [9.17, 15) is 10.2 Å². The average Bonchev–Trinajstić information content (AvgIpc) is 3.25. The molecule has 0 radical (unpaired) electrons. The van der Waals surface area contributed by atoms with Crippen molar-refractivity contribution in [2.24, 2.45) is 5.92 Å². The molecule has 5 heteroatoms. The molecule has 0 bridgehead atoms. The lowest BCUT2D eigenvalue weighted by Crippen LogP contribution is -2.41. The Morgan fingerprint density at radius 1 is 1.00 bits per heavy atom. The van der Waals surface area contributed by atoms with Gasteiger partial charge in [0.2, 0.25) is 0 Å². The number of nitrogens with one attached hydrogen (secondary N) is 1. The smallest absolute Gasteiger partial charge is 0.157 e. The Kier molecular flexibility index (Phi) is 5.06. The van der Waals surface area contributed by atoms with E-state index >= 15 is 0 Å². The maximum Gasteiger partial charge on any atom is 0.157 e. The molecule has 1 saturated carbocycles. The third kappa shape index (κ3) is 3.08. The summed E-state index contributed by atoms with van der Waals surface area (Å²) in [4.78, 5) is 3.03. The highest BCUT2D eigenvalue weighted by molar-refractivity contribution is 8.93. The number of phenolic OH excluding ortho intramolecular Hbond substituents is 2. The second-order valence-corrected chi connectivity index (χ2v) is 9.17. The van der Waals surface area contributed by atoms with Gasteiger partial charge in [-0.05, 0) is 60.1 Å². The first-order valence-corrected chi connectivity index (χ1v) is 10.4. The largest absolute Gasteiger partial charge is 0.504 e. The molecule has 2 aliphatic carbocycles. The first kappa shape index (κ1) is 18.3. The number of hydrogen-bond donors (Lipinski definition) is 3. The van der Waals surface area contributed by atoms with E-state index < -0.39 is 0 Å². The maximum absolute atomic E-state index is 10.0. The third-order valence-electron chi connectivity index (χ3n) is 6.39. The lowest BCUT2D eigenvalue weighted by Gasteiger charge is -2.38. The molecule has 0 amide bonds. The first-order chi connectivity index (χ1) is 12.2. The van der Waals surface area contributed by atoms with Gasteiger partial charge >= 0.3 is 0 Å². The Morgan fingerprint density at radius 2 is 1.77 bits per heavy atom. The summed E-state index contributed by atoms with van der Waals surface area (Å²) >= 11 is 2.00. The highest BCUT2D eigenvalue weighted by Gasteiger charge is 2.37. The minimum Gasteiger partial charge on any atom is -0.504 e. The minimum atomic E-state index is 0. The van der Waals surface area contributed by atoms with Crippen molar-refractivity contribution in [3.05, 3.63) is 44.6 Å². The zero-order chi connectivity index (χ0) is 17.0. The Bertz CT molecular complexity index is 813. The standard InChI is InChI=1S/C21H25NO2S.BrH/c23-18-9-13-5-6-17-20(16(13)10-19(18)24)21-14(11-22-17)8-15(25-21)7-12-3-1-2-4-12;/h8-10,12,17,20,22-24H,1-7,11H2;1H/t17-,20-;/m0./s1. The normalized spacial score (nSPS) is 24.5. The van der Waals surface area contributed by atoms with Crippen LogP contribution < -0.4 is 5.32 Å². The van der Waals surface area contributed by atoms with Gasteiger partial charge in [-0.25, -0.2) is 0 Å². The van der Waals surface area contributed by atoms with Gasteiger partial charge in [0, 0.05) is 28.3 Å². The second-order valence-electron chi connectivity index (χ2n) is 8.00. The van der Waals surface area contributed by atoms with Crippen molar-refractivity contribution in [3.8, 4) is 11.5 Å². The topological polar surface area (TPSA) is 52.5 Å². The van der Waals surface area contributed by atoms with Gasteiger partial charge in [0.05, 0.1) is 0 Å². The van der Waals surface area contributed by atoms with Gasteiger partial charge < -0.3 is 15.5 Å². The molecule has 1 aliphatic heterocycles. The van der Waals surface area contributed by atoms with Crippen molar-refractivity contribution in [2.75, 3.05) is 0 Å². The molecule has 0 saturated heterocycles. The highest BCUT2D eigenvalue weighted by Crippen LogP contribution is 2.47. The third-order valence-corrected chi connectivity index (χ3v) is 7.68. The van der Waals surface area contributed by atoms with Crippen molar-refractivity contribution in [1.82, 2.24) is 5.32 Å². The lowest BCUT2D eigenvalue weighted by atomic mass is 9.75. The summed E-state index contributed by atoms with van der Waals surface area (Å²) in [7, 11) is 0. The molecule has 5 rings (SSSR count). The first-order valence-electron chi connectivity index (χ1n) is 9.58. The monoisotopic (exact) mass is 435 g/mol. The Morgan fingerprint density at radius 3 is 2.58 bits per heavy atom. The number of rotatable bonds is 2. The number of aryl methyl sites for hydroxylation is 1. The van der Waals surface area contributed by atoms with Crippen LogP contribution in [0.5, 0.6) is 11.5 Å². The van der Waals surface area contributed by atoms with Crippen LogP contribution in [0.25, 0.3) is 0 Å². The average molecular weight is 436 g/mol. The Hall–Kier alpha value is -1.04. The molecular weight excluding hydrogens is 410 g/mol. The number of aromatic hydroxyl groups is 2. The van der Waals surface area contributed by atoms with E-state index in [0.29, 0.717) is 12.0 Å². The van der Waals surface area contributed by atoms with Crippen LogP contribution in [0, 0.1) is 5.92 Å². The molecule has 3 aliphatic rings. The number of thiophene rings is 1. The van der Waals surface area contributed by atoms with Crippen LogP contribution in [0.15, 0.2) is 18.2 Å². The van der Waals surface area contributed by atoms with Gasteiger partial charge in [-0.3, -0.25) is 0 Å². The molecule has 0 unspecified atom stereocenters. The summed E-state index contributed by atoms with van der Waals surface area (Å²) in [6, 6.07) is 6.44. The zero-order valence-electron chi connectivity index (χ0n) is 14.8. The molecule has 0 spiro atoms. The molecule has 140 valence electrons. The molecule has 26 heavy (non-hydrogen) atoms. The molecule has 2 atom stereocenters. The van der Waals surface area contributed by atoms with Crippen LogP contribution in [0.1, 0.15) is 64.5 Å². The van der Waals surface area contributed by atoms with Crippen molar-refractivity contribution < 1.29 is 10.2 Å². The number of fused-ring (bicyclic) bond motifs is 5.